The summed E-state index contributed by atoms with van der Waals surface area (Å²) in [4.78, 5) is 16.4. The van der Waals surface area contributed by atoms with Gasteiger partial charge in [-0.2, -0.15) is 0 Å². The van der Waals surface area contributed by atoms with Gasteiger partial charge in [0.25, 0.3) is 0 Å². The summed E-state index contributed by atoms with van der Waals surface area (Å²) in [7, 11) is 0. The Morgan fingerprint density at radius 2 is 1.81 bits per heavy atom. The van der Waals surface area contributed by atoms with Crippen molar-refractivity contribution in [2.75, 3.05) is 6.61 Å². The van der Waals surface area contributed by atoms with E-state index in [2.05, 4.69) is 35.3 Å². The summed E-state index contributed by atoms with van der Waals surface area (Å²) in [6.07, 6.45) is 2.39. The van der Waals surface area contributed by atoms with E-state index in [1.165, 1.54) is 22.2 Å². The first-order valence-electron chi connectivity index (χ1n) is 11.3. The minimum atomic E-state index is -0.100. The van der Waals surface area contributed by atoms with Gasteiger partial charge in [-0.3, -0.25) is 4.79 Å². The predicted octanol–water partition coefficient (Wildman–Crippen LogP) is 6.08. The smallest absolute Gasteiger partial charge is 0.309 e. The number of esters is 1. The van der Waals surface area contributed by atoms with Crippen LogP contribution in [0.25, 0.3) is 22.0 Å². The van der Waals surface area contributed by atoms with Gasteiger partial charge in [-0.25, -0.2) is 0 Å². The number of carbonyl (C=O) groups is 1. The number of benzene rings is 3. The number of aromatic amines is 1. The minimum Gasteiger partial charge on any atom is -0.494 e. The summed E-state index contributed by atoms with van der Waals surface area (Å²) in [5.41, 5.74) is 6.97. The Balaban J connectivity index is 1.37. The van der Waals surface area contributed by atoms with Crippen LogP contribution in [0.15, 0.2) is 72.8 Å². The van der Waals surface area contributed by atoms with Crippen molar-refractivity contribution in [1.29, 1.82) is 0 Å². The van der Waals surface area contributed by atoms with Crippen molar-refractivity contribution in [3.05, 3.63) is 89.6 Å². The molecule has 1 atom stereocenters. The minimum absolute atomic E-state index is 0.0978. The number of ether oxygens (including phenoxy) is 2. The van der Waals surface area contributed by atoms with Crippen molar-refractivity contribution in [2.45, 2.75) is 32.8 Å². The molecule has 1 N–H and O–H groups in total. The Kier molecular flexibility index (Phi) is 5.68. The van der Waals surface area contributed by atoms with Gasteiger partial charge in [0.1, 0.15) is 12.4 Å². The van der Waals surface area contributed by atoms with Crippen LogP contribution in [-0.2, 0) is 29.0 Å². The number of para-hydroxylation sites is 1. The maximum absolute atomic E-state index is 12.8. The highest BCUT2D eigenvalue weighted by Crippen LogP contribution is 2.37. The van der Waals surface area contributed by atoms with Crippen LogP contribution in [0.1, 0.15) is 30.2 Å². The third-order valence-corrected chi connectivity index (χ3v) is 6.26. The lowest BCUT2D eigenvalue weighted by atomic mass is 9.86. The molecule has 32 heavy (non-hydrogen) atoms. The topological polar surface area (TPSA) is 51.3 Å². The van der Waals surface area contributed by atoms with Gasteiger partial charge in [-0.05, 0) is 55.0 Å². The molecule has 0 amide bonds. The molecule has 1 heterocycles. The Morgan fingerprint density at radius 3 is 2.59 bits per heavy atom. The van der Waals surface area contributed by atoms with Crippen LogP contribution >= 0.6 is 0 Å². The summed E-state index contributed by atoms with van der Waals surface area (Å²) in [5, 5.41) is 1.20. The van der Waals surface area contributed by atoms with E-state index in [0.717, 1.165) is 41.7 Å². The van der Waals surface area contributed by atoms with Gasteiger partial charge in [-0.15, -0.1) is 0 Å². The first kappa shape index (κ1) is 20.4. The molecule has 5 rings (SSSR count). The number of aryl methyl sites for hydroxylation is 1. The van der Waals surface area contributed by atoms with Crippen molar-refractivity contribution in [3.8, 4) is 16.9 Å². The van der Waals surface area contributed by atoms with E-state index in [1.807, 2.05) is 49.4 Å². The fourth-order valence-corrected chi connectivity index (χ4v) is 4.63. The van der Waals surface area contributed by atoms with Crippen LogP contribution in [0.2, 0.25) is 0 Å². The number of hydrogen-bond donors (Lipinski definition) is 1. The molecular formula is C28H27NO3. The van der Waals surface area contributed by atoms with Crippen LogP contribution in [0.3, 0.4) is 0 Å². The zero-order valence-electron chi connectivity index (χ0n) is 18.3. The predicted molar refractivity (Wildman–Crippen MR) is 127 cm³/mol. The molecule has 4 heteroatoms. The van der Waals surface area contributed by atoms with Crippen LogP contribution in [-0.4, -0.2) is 17.6 Å². The summed E-state index contributed by atoms with van der Waals surface area (Å²) in [6, 6.07) is 24.5. The van der Waals surface area contributed by atoms with Gasteiger partial charge in [0.2, 0.25) is 0 Å². The molecule has 0 spiro atoms. The Bertz CT molecular complexity index is 1230. The Morgan fingerprint density at radius 1 is 1.00 bits per heavy atom. The normalized spacial score (nSPS) is 15.3. The quantitative estimate of drug-likeness (QED) is 0.381. The van der Waals surface area contributed by atoms with Gasteiger partial charge in [-0.1, -0.05) is 60.7 Å². The third-order valence-electron chi connectivity index (χ3n) is 6.26. The highest BCUT2D eigenvalue weighted by Gasteiger charge is 2.29. The van der Waals surface area contributed by atoms with Gasteiger partial charge in [0.05, 0.1) is 18.0 Å². The van der Waals surface area contributed by atoms with E-state index in [1.54, 1.807) is 0 Å². The molecular weight excluding hydrogens is 398 g/mol. The fourth-order valence-electron chi connectivity index (χ4n) is 4.63. The van der Waals surface area contributed by atoms with Crippen molar-refractivity contribution < 1.29 is 14.3 Å². The van der Waals surface area contributed by atoms with Gasteiger partial charge in [0.15, 0.2) is 0 Å². The Hall–Kier alpha value is -3.53. The highest BCUT2D eigenvalue weighted by atomic mass is 16.5. The van der Waals surface area contributed by atoms with Crippen LogP contribution < -0.4 is 4.74 Å². The van der Waals surface area contributed by atoms with Crippen molar-refractivity contribution >= 4 is 16.9 Å². The molecule has 0 aliphatic heterocycles. The molecule has 0 fully saturated rings. The first-order valence-corrected chi connectivity index (χ1v) is 11.3. The van der Waals surface area contributed by atoms with Crippen LogP contribution in [0.5, 0.6) is 5.75 Å². The molecule has 1 aliphatic carbocycles. The summed E-state index contributed by atoms with van der Waals surface area (Å²) in [6.45, 7) is 2.98. The second kappa shape index (κ2) is 8.91. The van der Waals surface area contributed by atoms with Crippen molar-refractivity contribution in [1.82, 2.24) is 4.98 Å². The second-order valence-electron chi connectivity index (χ2n) is 8.30. The largest absolute Gasteiger partial charge is 0.494 e. The van der Waals surface area contributed by atoms with Crippen LogP contribution in [0.4, 0.5) is 0 Å². The summed E-state index contributed by atoms with van der Waals surface area (Å²) < 4.78 is 11.2. The molecule has 4 nitrogen and oxygen atoms in total. The number of nitrogens with one attached hydrogen (secondary N) is 1. The monoisotopic (exact) mass is 425 g/mol. The number of H-pyrrole nitrogens is 1. The van der Waals surface area contributed by atoms with E-state index >= 15 is 0 Å². The second-order valence-corrected chi connectivity index (χ2v) is 8.30. The van der Waals surface area contributed by atoms with Gasteiger partial charge < -0.3 is 14.5 Å². The molecule has 0 radical (unpaired) electrons. The third kappa shape index (κ3) is 4.01. The maximum atomic E-state index is 12.8. The molecule has 0 saturated carbocycles. The zero-order chi connectivity index (χ0) is 21.9. The molecule has 162 valence electrons. The van der Waals surface area contributed by atoms with E-state index < -0.39 is 0 Å². The fraction of sp³-hybridized carbons (Fsp3) is 0.250. The van der Waals surface area contributed by atoms with Gasteiger partial charge in [0, 0.05) is 16.6 Å². The number of carbonyl (C=O) groups excluding carboxylic acids is 1. The summed E-state index contributed by atoms with van der Waals surface area (Å²) >= 11 is 0. The number of fused-ring (bicyclic) bond motifs is 3. The number of aromatic nitrogens is 1. The highest BCUT2D eigenvalue weighted by molar-refractivity contribution is 5.97. The molecule has 4 aromatic rings. The average molecular weight is 426 g/mol. The lowest BCUT2D eigenvalue weighted by Gasteiger charge is -2.21. The van der Waals surface area contributed by atoms with Crippen molar-refractivity contribution in [3.63, 3.8) is 0 Å². The SMILES string of the molecule is CCOc1ccc(-c2cccc3c4c([nH]c23)CCC(C(=O)OCc2ccccc2)C4)cc1. The van der Waals surface area contributed by atoms with E-state index in [-0.39, 0.29) is 11.9 Å². The zero-order valence-corrected chi connectivity index (χ0v) is 18.3. The summed E-state index contributed by atoms with van der Waals surface area (Å²) in [5.74, 6) is 0.682. The lowest BCUT2D eigenvalue weighted by Crippen LogP contribution is -2.24. The number of rotatable bonds is 6. The van der Waals surface area contributed by atoms with E-state index in [9.17, 15) is 4.79 Å². The maximum Gasteiger partial charge on any atom is 0.309 e. The molecule has 1 aromatic heterocycles. The van der Waals surface area contributed by atoms with Crippen LogP contribution in [0, 0.1) is 5.92 Å². The molecule has 1 aliphatic rings. The average Bonchev–Trinajstić information content (AvgIpc) is 3.22. The lowest BCUT2D eigenvalue weighted by molar-refractivity contribution is -0.150. The number of hydrogen-bond acceptors (Lipinski definition) is 3. The van der Waals surface area contributed by atoms with E-state index in [0.29, 0.717) is 13.2 Å². The molecule has 3 aromatic carbocycles. The molecule has 0 bridgehead atoms. The Labute approximate surface area is 188 Å². The molecule has 0 saturated heterocycles. The molecule has 1 unspecified atom stereocenters. The van der Waals surface area contributed by atoms with E-state index in [4.69, 9.17) is 9.47 Å². The van der Waals surface area contributed by atoms with Gasteiger partial charge >= 0.3 is 5.97 Å². The first-order chi connectivity index (χ1) is 15.7. The van der Waals surface area contributed by atoms with Crippen molar-refractivity contribution in [2.24, 2.45) is 5.92 Å². The standard InChI is InChI=1S/C28H27NO3/c1-2-31-22-14-11-20(12-15-22)23-9-6-10-24-25-17-21(13-16-26(25)29-27(23)24)28(30)32-18-19-7-4-3-5-8-19/h3-12,14-15,21,29H,2,13,16-18H2,1H3.